The Morgan fingerprint density at radius 3 is 2.37 bits per heavy atom. The van der Waals surface area contributed by atoms with E-state index in [2.05, 4.69) is 29.0 Å². The Morgan fingerprint density at radius 2 is 1.70 bits per heavy atom. The Hall–Kier alpha value is -2.67. The highest BCUT2D eigenvalue weighted by Gasteiger charge is 2.30. The maximum Gasteiger partial charge on any atom is 0.235 e. The molecule has 0 saturated carbocycles. The van der Waals surface area contributed by atoms with Crippen LogP contribution in [0.25, 0.3) is 17.1 Å². The van der Waals surface area contributed by atoms with E-state index in [1.165, 1.54) is 18.2 Å². The molecule has 0 spiro atoms. The molecule has 1 saturated heterocycles. The summed E-state index contributed by atoms with van der Waals surface area (Å²) < 4.78 is 2.02. The number of carbonyl (C=O) groups excluding carboxylic acids is 1. The van der Waals surface area contributed by atoms with Gasteiger partial charge in [-0.2, -0.15) is 0 Å². The normalized spacial score (nSPS) is 20.2. The highest BCUT2D eigenvalue weighted by molar-refractivity contribution is 8.00. The van der Waals surface area contributed by atoms with E-state index in [1.54, 1.807) is 12.4 Å². The molecule has 30 heavy (non-hydrogen) atoms. The van der Waals surface area contributed by atoms with Crippen molar-refractivity contribution in [1.82, 2.24) is 24.6 Å². The van der Waals surface area contributed by atoms with Crippen LogP contribution in [0.5, 0.6) is 0 Å². The van der Waals surface area contributed by atoms with E-state index in [0.717, 1.165) is 30.2 Å². The van der Waals surface area contributed by atoms with Crippen LogP contribution < -0.4 is 0 Å². The third-order valence-corrected chi connectivity index (χ3v) is 6.43. The molecular weight excluding hydrogens is 394 g/mol. The van der Waals surface area contributed by atoms with Crippen molar-refractivity contribution < 1.29 is 4.79 Å². The molecule has 2 aromatic heterocycles. The predicted molar refractivity (Wildman–Crippen MR) is 119 cm³/mol. The molecule has 1 aromatic carbocycles. The topological polar surface area (TPSA) is 63.9 Å². The third-order valence-electron chi connectivity index (χ3n) is 5.40. The number of thioether (sulfide) groups is 1. The maximum absolute atomic E-state index is 13.2. The zero-order chi connectivity index (χ0) is 21.1. The molecule has 7 heteroatoms. The fourth-order valence-corrected chi connectivity index (χ4v) is 5.10. The standard InChI is InChI=1S/C23H27N5OS/c1-16-13-17(2)15-27(14-16)22(29)18(3)30-23-26-25-21(19-9-11-24-12-10-19)28(23)20-7-5-4-6-8-20/h4-12,16-18H,13-15H2,1-3H3. The summed E-state index contributed by atoms with van der Waals surface area (Å²) in [5, 5.41) is 9.38. The Bertz CT molecular complexity index is 981. The molecule has 1 amide bonds. The lowest BCUT2D eigenvalue weighted by atomic mass is 9.92. The first-order chi connectivity index (χ1) is 14.5. The minimum Gasteiger partial charge on any atom is -0.341 e. The van der Waals surface area contributed by atoms with Crippen molar-refractivity contribution in [3.05, 3.63) is 54.9 Å². The van der Waals surface area contributed by atoms with Crippen LogP contribution in [-0.2, 0) is 4.79 Å². The summed E-state index contributed by atoms with van der Waals surface area (Å²) in [6.07, 6.45) is 4.68. The van der Waals surface area contributed by atoms with Gasteiger partial charge in [-0.3, -0.25) is 14.3 Å². The number of para-hydroxylation sites is 1. The van der Waals surface area contributed by atoms with Crippen molar-refractivity contribution in [2.24, 2.45) is 11.8 Å². The average molecular weight is 422 g/mol. The predicted octanol–water partition coefficient (Wildman–Crippen LogP) is 4.31. The molecule has 3 atom stereocenters. The first kappa shape index (κ1) is 20.6. The van der Waals surface area contributed by atoms with Crippen molar-refractivity contribution in [2.45, 2.75) is 37.6 Å². The Kier molecular flexibility index (Phi) is 6.18. The Balaban J connectivity index is 1.63. The number of carbonyl (C=O) groups is 1. The van der Waals surface area contributed by atoms with Gasteiger partial charge in [-0.25, -0.2) is 0 Å². The minimum absolute atomic E-state index is 0.173. The number of nitrogens with zero attached hydrogens (tertiary/aromatic N) is 5. The SMILES string of the molecule is CC1CC(C)CN(C(=O)C(C)Sc2nnc(-c3ccncc3)n2-c2ccccc2)C1. The second-order valence-corrected chi connectivity index (χ2v) is 9.47. The van der Waals surface area contributed by atoms with E-state index in [4.69, 9.17) is 0 Å². The van der Waals surface area contributed by atoms with Crippen molar-refractivity contribution in [3.63, 3.8) is 0 Å². The fraction of sp³-hybridized carbons (Fsp3) is 0.391. The molecule has 4 rings (SSSR count). The lowest BCUT2D eigenvalue weighted by Crippen LogP contribution is -2.45. The van der Waals surface area contributed by atoms with Gasteiger partial charge in [0.15, 0.2) is 11.0 Å². The molecule has 1 aliphatic heterocycles. The van der Waals surface area contributed by atoms with Crippen LogP contribution in [0, 0.1) is 11.8 Å². The largest absolute Gasteiger partial charge is 0.341 e. The second-order valence-electron chi connectivity index (χ2n) is 8.16. The number of aromatic nitrogens is 4. The van der Waals surface area contributed by atoms with Gasteiger partial charge < -0.3 is 4.90 Å². The summed E-state index contributed by atoms with van der Waals surface area (Å²) in [7, 11) is 0. The lowest BCUT2D eigenvalue weighted by Gasteiger charge is -2.36. The molecule has 156 valence electrons. The van der Waals surface area contributed by atoms with Gasteiger partial charge >= 0.3 is 0 Å². The van der Waals surface area contributed by atoms with E-state index in [-0.39, 0.29) is 11.2 Å². The third kappa shape index (κ3) is 4.41. The molecule has 3 unspecified atom stereocenters. The number of rotatable bonds is 5. The number of hydrogen-bond donors (Lipinski definition) is 0. The fourth-order valence-electron chi connectivity index (χ4n) is 4.15. The summed E-state index contributed by atoms with van der Waals surface area (Å²) in [6, 6.07) is 13.9. The number of benzene rings is 1. The van der Waals surface area contributed by atoms with Gasteiger partial charge in [-0.15, -0.1) is 10.2 Å². The Labute approximate surface area is 181 Å². The molecule has 1 aliphatic rings. The number of likely N-dealkylation sites (tertiary alicyclic amines) is 1. The second kappa shape index (κ2) is 9.00. The van der Waals surface area contributed by atoms with Gasteiger partial charge in [0.05, 0.1) is 5.25 Å². The monoisotopic (exact) mass is 421 g/mol. The quantitative estimate of drug-likeness (QED) is 0.574. The van der Waals surface area contributed by atoms with Crippen molar-refractivity contribution >= 4 is 17.7 Å². The van der Waals surface area contributed by atoms with E-state index in [9.17, 15) is 4.79 Å². The van der Waals surface area contributed by atoms with E-state index < -0.39 is 0 Å². The molecule has 1 fully saturated rings. The molecule has 0 N–H and O–H groups in total. The van der Waals surface area contributed by atoms with E-state index >= 15 is 0 Å². The average Bonchev–Trinajstić information content (AvgIpc) is 3.17. The van der Waals surface area contributed by atoms with Gasteiger partial charge in [0, 0.05) is 36.7 Å². The van der Waals surface area contributed by atoms with E-state index in [1.807, 2.05) is 58.9 Å². The highest BCUT2D eigenvalue weighted by Crippen LogP contribution is 2.31. The number of pyridine rings is 1. The van der Waals surface area contributed by atoms with Crippen LogP contribution in [0.1, 0.15) is 27.2 Å². The van der Waals surface area contributed by atoms with Crippen molar-refractivity contribution in [1.29, 1.82) is 0 Å². The van der Waals surface area contributed by atoms with Crippen LogP contribution in [0.15, 0.2) is 60.0 Å². The number of amides is 1. The minimum atomic E-state index is -0.237. The molecular formula is C23H27N5OS. The summed E-state index contributed by atoms with van der Waals surface area (Å²) in [5.74, 6) is 2.00. The van der Waals surface area contributed by atoms with Gasteiger partial charge in [-0.05, 0) is 49.4 Å². The van der Waals surface area contributed by atoms with Gasteiger partial charge in [-0.1, -0.05) is 43.8 Å². The number of hydrogen-bond acceptors (Lipinski definition) is 5. The van der Waals surface area contributed by atoms with E-state index in [0.29, 0.717) is 17.0 Å². The maximum atomic E-state index is 13.2. The molecule has 6 nitrogen and oxygen atoms in total. The van der Waals surface area contributed by atoms with Gasteiger partial charge in [0.1, 0.15) is 0 Å². The van der Waals surface area contributed by atoms with Crippen LogP contribution in [0.3, 0.4) is 0 Å². The highest BCUT2D eigenvalue weighted by atomic mass is 32.2. The zero-order valence-corrected chi connectivity index (χ0v) is 18.4. The van der Waals surface area contributed by atoms with Crippen LogP contribution >= 0.6 is 11.8 Å². The first-order valence-corrected chi connectivity index (χ1v) is 11.3. The summed E-state index contributed by atoms with van der Waals surface area (Å²) >= 11 is 1.47. The van der Waals surface area contributed by atoms with Gasteiger partial charge in [0.25, 0.3) is 0 Å². The zero-order valence-electron chi connectivity index (χ0n) is 17.6. The number of piperidine rings is 1. The molecule has 0 radical (unpaired) electrons. The Morgan fingerprint density at radius 1 is 1.03 bits per heavy atom. The molecule has 3 heterocycles. The van der Waals surface area contributed by atoms with Crippen molar-refractivity contribution in [3.8, 4) is 17.1 Å². The summed E-state index contributed by atoms with van der Waals surface area (Å²) in [5.41, 5.74) is 1.91. The van der Waals surface area contributed by atoms with Crippen LogP contribution in [-0.4, -0.2) is 48.9 Å². The summed E-state index contributed by atoms with van der Waals surface area (Å²) in [6.45, 7) is 8.08. The van der Waals surface area contributed by atoms with Crippen molar-refractivity contribution in [2.75, 3.05) is 13.1 Å². The van der Waals surface area contributed by atoms with Crippen LogP contribution in [0.4, 0.5) is 0 Å². The summed E-state index contributed by atoms with van der Waals surface area (Å²) in [4.78, 5) is 19.3. The van der Waals surface area contributed by atoms with Gasteiger partial charge in [0.2, 0.25) is 5.91 Å². The molecule has 0 aliphatic carbocycles. The first-order valence-electron chi connectivity index (χ1n) is 10.4. The van der Waals surface area contributed by atoms with Crippen LogP contribution in [0.2, 0.25) is 0 Å². The molecule has 0 bridgehead atoms. The molecule has 3 aromatic rings. The smallest absolute Gasteiger partial charge is 0.235 e. The lowest BCUT2D eigenvalue weighted by molar-refractivity contribution is -0.132.